The zero-order valence-electron chi connectivity index (χ0n) is 16.2. The zero-order valence-corrected chi connectivity index (χ0v) is 16.2. The summed E-state index contributed by atoms with van der Waals surface area (Å²) in [5.41, 5.74) is 2.68. The highest BCUT2D eigenvalue weighted by Gasteiger charge is 2.56. The van der Waals surface area contributed by atoms with E-state index in [1.165, 1.54) is 6.08 Å². The Morgan fingerprint density at radius 3 is 2.85 bits per heavy atom. The molecule has 0 radical (unpaired) electrons. The molecule has 1 fully saturated rings. The number of aliphatic hydroxyl groups is 1. The van der Waals surface area contributed by atoms with Gasteiger partial charge in [0.2, 0.25) is 0 Å². The van der Waals surface area contributed by atoms with Crippen molar-refractivity contribution < 1.29 is 24.2 Å². The molecule has 1 heterocycles. The number of aliphatic hydroxyl groups excluding tert-OH is 1. The Kier molecular flexibility index (Phi) is 4.86. The lowest BCUT2D eigenvalue weighted by atomic mass is 9.56. The molecule has 0 aromatic rings. The van der Waals surface area contributed by atoms with E-state index in [4.69, 9.17) is 9.47 Å². The third kappa shape index (κ3) is 2.82. The van der Waals surface area contributed by atoms with Gasteiger partial charge in [0.25, 0.3) is 0 Å². The van der Waals surface area contributed by atoms with Gasteiger partial charge >= 0.3 is 11.9 Å². The van der Waals surface area contributed by atoms with Crippen molar-refractivity contribution in [3.05, 3.63) is 34.4 Å². The maximum Gasteiger partial charge on any atom is 0.334 e. The van der Waals surface area contributed by atoms with Crippen molar-refractivity contribution in [2.45, 2.75) is 72.2 Å². The van der Waals surface area contributed by atoms with Gasteiger partial charge in [0.05, 0.1) is 6.10 Å². The quantitative estimate of drug-likeness (QED) is 0.475. The van der Waals surface area contributed by atoms with Crippen molar-refractivity contribution in [2.75, 3.05) is 0 Å². The highest BCUT2D eigenvalue weighted by Crippen LogP contribution is 2.55. The number of rotatable bonds is 3. The van der Waals surface area contributed by atoms with E-state index in [2.05, 4.69) is 6.08 Å². The summed E-state index contributed by atoms with van der Waals surface area (Å²) in [5, 5.41) is 11.1. The topological polar surface area (TPSA) is 72.8 Å². The lowest BCUT2D eigenvalue weighted by Gasteiger charge is -2.51. The Labute approximate surface area is 154 Å². The maximum absolute atomic E-state index is 12.2. The molecule has 5 heteroatoms. The highest BCUT2D eigenvalue weighted by molar-refractivity contribution is 5.92. The van der Waals surface area contributed by atoms with Gasteiger partial charge in [0.1, 0.15) is 12.2 Å². The Bertz CT molecular complexity index is 729. The molecule has 3 rings (SSSR count). The molecule has 0 spiro atoms. The number of fused-ring (bicyclic) bond motifs is 2. The highest BCUT2D eigenvalue weighted by atomic mass is 16.6. The van der Waals surface area contributed by atoms with E-state index in [1.807, 2.05) is 27.7 Å². The number of hydrogen-bond donors (Lipinski definition) is 1. The van der Waals surface area contributed by atoms with Crippen LogP contribution in [-0.4, -0.2) is 35.4 Å². The van der Waals surface area contributed by atoms with Crippen LogP contribution in [0.25, 0.3) is 0 Å². The van der Waals surface area contributed by atoms with Crippen LogP contribution in [0.15, 0.2) is 34.4 Å². The van der Waals surface area contributed by atoms with Crippen LogP contribution in [0, 0.1) is 11.3 Å². The lowest BCUT2D eigenvalue weighted by molar-refractivity contribution is -0.151. The fourth-order valence-electron chi connectivity index (χ4n) is 4.42. The van der Waals surface area contributed by atoms with E-state index in [-0.39, 0.29) is 30.1 Å². The van der Waals surface area contributed by atoms with Crippen LogP contribution >= 0.6 is 0 Å². The summed E-state index contributed by atoms with van der Waals surface area (Å²) in [6, 6.07) is 0. The molecule has 0 aromatic heterocycles. The first-order valence-corrected chi connectivity index (χ1v) is 9.37. The van der Waals surface area contributed by atoms with E-state index in [0.29, 0.717) is 24.0 Å². The Balaban J connectivity index is 1.88. The first-order valence-electron chi connectivity index (χ1n) is 9.37. The summed E-state index contributed by atoms with van der Waals surface area (Å²) in [6.07, 6.45) is 4.13. The Morgan fingerprint density at radius 2 is 2.19 bits per heavy atom. The first-order chi connectivity index (χ1) is 12.2. The van der Waals surface area contributed by atoms with Crippen molar-refractivity contribution >= 4 is 11.9 Å². The molecule has 5 unspecified atom stereocenters. The summed E-state index contributed by atoms with van der Waals surface area (Å²) in [4.78, 5) is 24.1. The molecule has 0 bridgehead atoms. The van der Waals surface area contributed by atoms with Crippen LogP contribution in [0.4, 0.5) is 0 Å². The van der Waals surface area contributed by atoms with Crippen molar-refractivity contribution in [2.24, 2.45) is 11.3 Å². The standard InChI is InChI=1S/C21H28O5/c1-6-11(2)9-17(22)25-15-8-7-14-10-16-18(12(3)20(24)26-16)19(23)21(14,5)13(15)4/h7,9,13,15-16,19,23H,6,8,10H2,1-5H3. The minimum Gasteiger partial charge on any atom is -0.459 e. The summed E-state index contributed by atoms with van der Waals surface area (Å²) in [7, 11) is 0. The predicted octanol–water partition coefficient (Wildman–Crippen LogP) is 3.23. The fourth-order valence-corrected chi connectivity index (χ4v) is 4.42. The number of carbonyl (C=O) groups excluding carboxylic acids is 2. The van der Waals surface area contributed by atoms with Gasteiger partial charge in [-0.3, -0.25) is 0 Å². The van der Waals surface area contributed by atoms with Gasteiger partial charge in [-0.15, -0.1) is 0 Å². The molecule has 5 nitrogen and oxygen atoms in total. The van der Waals surface area contributed by atoms with Crippen LogP contribution in [0.3, 0.4) is 0 Å². The van der Waals surface area contributed by atoms with Crippen LogP contribution in [0.1, 0.15) is 53.9 Å². The smallest absolute Gasteiger partial charge is 0.334 e. The molecule has 0 saturated heterocycles. The average Bonchev–Trinajstić information content (AvgIpc) is 2.87. The molecule has 1 saturated carbocycles. The van der Waals surface area contributed by atoms with Crippen molar-refractivity contribution in [1.82, 2.24) is 0 Å². The minimum atomic E-state index is -0.816. The minimum absolute atomic E-state index is 0.0752. The SMILES string of the molecule is CCC(C)=CC(=O)OC1CC=C2CC3OC(=O)C(C)=C3C(O)C2(C)C1C. The molecule has 3 aliphatic rings. The number of allylic oxidation sites excluding steroid dienone is 1. The largest absolute Gasteiger partial charge is 0.459 e. The summed E-state index contributed by atoms with van der Waals surface area (Å²) in [5.74, 6) is -0.754. The van der Waals surface area contributed by atoms with Crippen molar-refractivity contribution in [3.63, 3.8) is 0 Å². The van der Waals surface area contributed by atoms with E-state index < -0.39 is 11.5 Å². The monoisotopic (exact) mass is 360 g/mol. The van der Waals surface area contributed by atoms with E-state index in [9.17, 15) is 14.7 Å². The van der Waals surface area contributed by atoms with Crippen LogP contribution < -0.4 is 0 Å². The van der Waals surface area contributed by atoms with Crippen molar-refractivity contribution in [1.29, 1.82) is 0 Å². The third-order valence-electron chi connectivity index (χ3n) is 6.58. The van der Waals surface area contributed by atoms with E-state index in [1.54, 1.807) is 6.92 Å². The van der Waals surface area contributed by atoms with Gasteiger partial charge in [-0.25, -0.2) is 9.59 Å². The molecule has 26 heavy (non-hydrogen) atoms. The number of carbonyl (C=O) groups is 2. The van der Waals surface area contributed by atoms with E-state index >= 15 is 0 Å². The summed E-state index contributed by atoms with van der Waals surface area (Å²) in [6.45, 7) is 9.62. The molecule has 0 amide bonds. The van der Waals surface area contributed by atoms with Gasteiger partial charge in [0, 0.05) is 41.4 Å². The van der Waals surface area contributed by atoms with Gasteiger partial charge in [-0.1, -0.05) is 38.0 Å². The molecular weight excluding hydrogens is 332 g/mol. The number of ether oxygens (including phenoxy) is 2. The molecule has 0 aromatic carbocycles. The number of hydrogen-bond acceptors (Lipinski definition) is 5. The van der Waals surface area contributed by atoms with Crippen LogP contribution in [0.5, 0.6) is 0 Å². The normalized spacial score (nSPS) is 36.9. The Morgan fingerprint density at radius 1 is 1.50 bits per heavy atom. The second-order valence-corrected chi connectivity index (χ2v) is 7.94. The molecular formula is C21H28O5. The molecule has 5 atom stereocenters. The van der Waals surface area contributed by atoms with E-state index in [0.717, 1.165) is 17.6 Å². The molecule has 142 valence electrons. The zero-order chi connectivity index (χ0) is 19.2. The fraction of sp³-hybridized carbons (Fsp3) is 0.619. The molecule has 1 aliphatic heterocycles. The summed E-state index contributed by atoms with van der Waals surface area (Å²) >= 11 is 0. The number of esters is 2. The van der Waals surface area contributed by atoms with Gasteiger partial charge in [-0.2, -0.15) is 0 Å². The Hall–Kier alpha value is -1.88. The van der Waals surface area contributed by atoms with Gasteiger partial charge < -0.3 is 14.6 Å². The average molecular weight is 360 g/mol. The van der Waals surface area contributed by atoms with Crippen LogP contribution in [0.2, 0.25) is 0 Å². The maximum atomic E-state index is 12.2. The second-order valence-electron chi connectivity index (χ2n) is 7.94. The predicted molar refractivity (Wildman–Crippen MR) is 97.1 cm³/mol. The molecule has 1 N–H and O–H groups in total. The third-order valence-corrected chi connectivity index (χ3v) is 6.58. The lowest BCUT2D eigenvalue weighted by Crippen LogP contribution is -2.53. The second kappa shape index (κ2) is 6.69. The first kappa shape index (κ1) is 18.9. The van der Waals surface area contributed by atoms with Gasteiger partial charge in [-0.05, 0) is 20.3 Å². The van der Waals surface area contributed by atoms with Crippen molar-refractivity contribution in [3.8, 4) is 0 Å². The summed E-state index contributed by atoms with van der Waals surface area (Å²) < 4.78 is 11.1. The van der Waals surface area contributed by atoms with Crippen LogP contribution in [-0.2, 0) is 19.1 Å². The van der Waals surface area contributed by atoms with Gasteiger partial charge in [0.15, 0.2) is 0 Å². The molecule has 2 aliphatic carbocycles.